The van der Waals surface area contributed by atoms with Gasteiger partial charge in [-0.05, 0) is 47.9 Å². The molecule has 1 aliphatic rings. The zero-order chi connectivity index (χ0) is 18.6. The highest BCUT2D eigenvalue weighted by atomic mass is 16.5. The standard InChI is InChI=1S/C21H20N4O2/c1-27-17-8-6-15(7-9-17)14-22-21(26)18-10-11-20(24-23-18)25-13-12-16-4-2-3-5-19(16)25/h2-11H,12-14H2,1H3,(H,22,26). The number of amides is 1. The molecule has 1 amide bonds. The number of nitrogens with one attached hydrogen (secondary N) is 1. The first-order chi connectivity index (χ1) is 13.2. The summed E-state index contributed by atoms with van der Waals surface area (Å²) in [7, 11) is 1.62. The maximum atomic E-state index is 12.3. The minimum absolute atomic E-state index is 0.244. The van der Waals surface area contributed by atoms with E-state index in [4.69, 9.17) is 4.74 Å². The summed E-state index contributed by atoms with van der Waals surface area (Å²) >= 11 is 0. The third-order valence-corrected chi connectivity index (χ3v) is 4.66. The van der Waals surface area contributed by atoms with Gasteiger partial charge in [0.05, 0.1) is 7.11 Å². The SMILES string of the molecule is COc1ccc(CNC(=O)c2ccc(N3CCc4ccccc43)nn2)cc1. The topological polar surface area (TPSA) is 67.3 Å². The van der Waals surface area contributed by atoms with E-state index >= 15 is 0 Å². The van der Waals surface area contributed by atoms with E-state index in [2.05, 4.69) is 32.5 Å². The number of benzene rings is 2. The summed E-state index contributed by atoms with van der Waals surface area (Å²) in [6, 6.07) is 19.4. The summed E-state index contributed by atoms with van der Waals surface area (Å²) < 4.78 is 5.13. The molecule has 136 valence electrons. The number of nitrogens with zero attached hydrogens (tertiary/aromatic N) is 3. The lowest BCUT2D eigenvalue weighted by molar-refractivity contribution is 0.0945. The van der Waals surface area contributed by atoms with Gasteiger partial charge in [0.1, 0.15) is 5.75 Å². The maximum Gasteiger partial charge on any atom is 0.272 e. The van der Waals surface area contributed by atoms with Crippen molar-refractivity contribution in [3.63, 3.8) is 0 Å². The predicted molar refractivity (Wildman–Crippen MR) is 103 cm³/mol. The molecule has 2 heterocycles. The van der Waals surface area contributed by atoms with E-state index in [0.29, 0.717) is 12.2 Å². The van der Waals surface area contributed by atoms with Crippen molar-refractivity contribution >= 4 is 17.4 Å². The molecular weight excluding hydrogens is 340 g/mol. The fourth-order valence-corrected chi connectivity index (χ4v) is 3.18. The van der Waals surface area contributed by atoms with Crippen LogP contribution in [0, 0.1) is 0 Å². The van der Waals surface area contributed by atoms with Crippen LogP contribution in [0.4, 0.5) is 11.5 Å². The molecule has 2 aromatic carbocycles. The molecule has 0 saturated heterocycles. The fourth-order valence-electron chi connectivity index (χ4n) is 3.18. The van der Waals surface area contributed by atoms with Crippen LogP contribution in [-0.4, -0.2) is 29.8 Å². The molecule has 0 radical (unpaired) electrons. The molecule has 1 aliphatic heterocycles. The van der Waals surface area contributed by atoms with Crippen molar-refractivity contribution in [3.05, 3.63) is 77.5 Å². The van der Waals surface area contributed by atoms with E-state index in [1.807, 2.05) is 42.5 Å². The molecule has 0 aliphatic carbocycles. The minimum Gasteiger partial charge on any atom is -0.497 e. The zero-order valence-electron chi connectivity index (χ0n) is 15.1. The van der Waals surface area contributed by atoms with Crippen LogP contribution in [0.2, 0.25) is 0 Å². The van der Waals surface area contributed by atoms with Crippen LogP contribution in [0.15, 0.2) is 60.7 Å². The molecule has 6 nitrogen and oxygen atoms in total. The number of anilines is 2. The summed E-state index contributed by atoms with van der Waals surface area (Å²) in [6.45, 7) is 1.29. The van der Waals surface area contributed by atoms with Gasteiger partial charge in [-0.15, -0.1) is 10.2 Å². The minimum atomic E-state index is -0.244. The molecule has 1 N–H and O–H groups in total. The van der Waals surface area contributed by atoms with Gasteiger partial charge in [0, 0.05) is 18.8 Å². The predicted octanol–water partition coefficient (Wildman–Crippen LogP) is 3.11. The number of carbonyl (C=O) groups is 1. The number of para-hydroxylation sites is 1. The molecule has 6 heteroatoms. The number of hydrogen-bond acceptors (Lipinski definition) is 5. The van der Waals surface area contributed by atoms with Gasteiger partial charge < -0.3 is 15.0 Å². The van der Waals surface area contributed by atoms with Crippen molar-refractivity contribution in [2.24, 2.45) is 0 Å². The first kappa shape index (κ1) is 17.0. The Kier molecular flexibility index (Phi) is 4.70. The second-order valence-corrected chi connectivity index (χ2v) is 6.34. The second kappa shape index (κ2) is 7.45. The molecule has 0 atom stereocenters. The van der Waals surface area contributed by atoms with E-state index in [1.165, 1.54) is 5.56 Å². The molecule has 3 aromatic rings. The third-order valence-electron chi connectivity index (χ3n) is 4.66. The van der Waals surface area contributed by atoms with Crippen molar-refractivity contribution in [2.75, 3.05) is 18.6 Å². The van der Waals surface area contributed by atoms with E-state index in [1.54, 1.807) is 13.2 Å². The lowest BCUT2D eigenvalue weighted by atomic mass is 10.2. The average Bonchev–Trinajstić information content (AvgIpc) is 3.16. The molecule has 0 spiro atoms. The molecular formula is C21H20N4O2. The van der Waals surface area contributed by atoms with Crippen LogP contribution in [0.1, 0.15) is 21.6 Å². The lowest BCUT2D eigenvalue weighted by Crippen LogP contribution is -2.24. The Morgan fingerprint density at radius 3 is 2.63 bits per heavy atom. The van der Waals surface area contributed by atoms with Crippen molar-refractivity contribution < 1.29 is 9.53 Å². The Morgan fingerprint density at radius 2 is 1.89 bits per heavy atom. The van der Waals surface area contributed by atoms with Crippen LogP contribution in [0.5, 0.6) is 5.75 Å². The second-order valence-electron chi connectivity index (χ2n) is 6.34. The van der Waals surface area contributed by atoms with E-state index in [-0.39, 0.29) is 5.91 Å². The normalized spacial score (nSPS) is 12.6. The van der Waals surface area contributed by atoms with Gasteiger partial charge >= 0.3 is 0 Å². The van der Waals surface area contributed by atoms with E-state index < -0.39 is 0 Å². The molecule has 1 aromatic heterocycles. The average molecular weight is 360 g/mol. The summed E-state index contributed by atoms with van der Waals surface area (Å²) in [5, 5.41) is 11.2. The third kappa shape index (κ3) is 3.60. The highest BCUT2D eigenvalue weighted by molar-refractivity contribution is 5.92. The number of methoxy groups -OCH3 is 1. The van der Waals surface area contributed by atoms with Crippen LogP contribution in [0.3, 0.4) is 0 Å². The molecule has 0 bridgehead atoms. The van der Waals surface area contributed by atoms with Crippen molar-refractivity contribution in [3.8, 4) is 5.75 Å². The quantitative estimate of drug-likeness (QED) is 0.757. The molecule has 27 heavy (non-hydrogen) atoms. The maximum absolute atomic E-state index is 12.3. The van der Waals surface area contributed by atoms with E-state index in [9.17, 15) is 4.79 Å². The zero-order valence-corrected chi connectivity index (χ0v) is 15.1. The number of aromatic nitrogens is 2. The summed E-state index contributed by atoms with van der Waals surface area (Å²) in [5.74, 6) is 1.30. The largest absolute Gasteiger partial charge is 0.497 e. The van der Waals surface area contributed by atoms with Gasteiger partial charge in [0.15, 0.2) is 11.5 Å². The van der Waals surface area contributed by atoms with Crippen molar-refractivity contribution in [1.82, 2.24) is 15.5 Å². The Labute approximate surface area is 157 Å². The van der Waals surface area contributed by atoms with Gasteiger partial charge in [0.2, 0.25) is 0 Å². The Balaban J connectivity index is 1.40. The Morgan fingerprint density at radius 1 is 1.07 bits per heavy atom. The molecule has 0 unspecified atom stereocenters. The molecule has 0 saturated carbocycles. The number of rotatable bonds is 5. The van der Waals surface area contributed by atoms with Gasteiger partial charge in [-0.3, -0.25) is 4.79 Å². The smallest absolute Gasteiger partial charge is 0.272 e. The van der Waals surface area contributed by atoms with Crippen LogP contribution in [-0.2, 0) is 13.0 Å². The first-order valence-electron chi connectivity index (χ1n) is 8.85. The summed E-state index contributed by atoms with van der Waals surface area (Å²) in [6.07, 6.45) is 0.988. The monoisotopic (exact) mass is 360 g/mol. The number of carbonyl (C=O) groups excluding carboxylic acids is 1. The Bertz CT molecular complexity index is 939. The molecule has 4 rings (SSSR count). The van der Waals surface area contributed by atoms with Gasteiger partial charge in [0.25, 0.3) is 5.91 Å². The van der Waals surface area contributed by atoms with E-state index in [0.717, 1.165) is 35.8 Å². The molecule has 0 fully saturated rings. The number of fused-ring (bicyclic) bond motifs is 1. The van der Waals surface area contributed by atoms with Crippen LogP contribution in [0.25, 0.3) is 0 Å². The van der Waals surface area contributed by atoms with Crippen molar-refractivity contribution in [1.29, 1.82) is 0 Å². The van der Waals surface area contributed by atoms with Gasteiger partial charge in [-0.2, -0.15) is 0 Å². The Hall–Kier alpha value is -3.41. The number of ether oxygens (including phenoxy) is 1. The number of hydrogen-bond donors (Lipinski definition) is 1. The highest BCUT2D eigenvalue weighted by Gasteiger charge is 2.21. The fraction of sp³-hybridized carbons (Fsp3) is 0.190. The first-order valence-corrected chi connectivity index (χ1v) is 8.85. The summed E-state index contributed by atoms with van der Waals surface area (Å²) in [4.78, 5) is 14.4. The highest BCUT2D eigenvalue weighted by Crippen LogP contribution is 2.32. The van der Waals surface area contributed by atoms with Crippen molar-refractivity contribution in [2.45, 2.75) is 13.0 Å². The van der Waals surface area contributed by atoms with Crippen LogP contribution >= 0.6 is 0 Å². The van der Waals surface area contributed by atoms with Gasteiger partial charge in [-0.1, -0.05) is 30.3 Å². The van der Waals surface area contributed by atoms with Gasteiger partial charge in [-0.25, -0.2) is 0 Å². The van der Waals surface area contributed by atoms with Crippen LogP contribution < -0.4 is 15.0 Å². The lowest BCUT2D eigenvalue weighted by Gasteiger charge is -2.17. The summed E-state index contributed by atoms with van der Waals surface area (Å²) in [5.41, 5.74) is 3.76.